The first kappa shape index (κ1) is 14.8. The number of hydrogen-bond acceptors (Lipinski definition) is 3. The molecule has 1 rings (SSSR count). The van der Waals surface area contributed by atoms with Crippen molar-refractivity contribution in [2.24, 2.45) is 0 Å². The highest BCUT2D eigenvalue weighted by Gasteiger charge is 2.29. The third-order valence-electron chi connectivity index (χ3n) is 2.43. The fourth-order valence-corrected chi connectivity index (χ4v) is 1.60. The van der Waals surface area contributed by atoms with E-state index in [4.69, 9.17) is 4.74 Å². The van der Waals surface area contributed by atoms with Crippen LogP contribution in [0.2, 0.25) is 0 Å². The topological polar surface area (TPSA) is 32.7 Å². The summed E-state index contributed by atoms with van der Waals surface area (Å²) in [5, 5.41) is 9.80. The second-order valence-electron chi connectivity index (χ2n) is 4.10. The second kappa shape index (κ2) is 6.06. The SMILES string of the molecule is COc1ccc(C(O)CN(C)CC(F)(F)F)cc1. The zero-order valence-electron chi connectivity index (χ0n) is 10.2. The lowest BCUT2D eigenvalue weighted by Crippen LogP contribution is -2.34. The van der Waals surface area contributed by atoms with Gasteiger partial charge in [-0.05, 0) is 24.7 Å². The van der Waals surface area contributed by atoms with Crippen molar-refractivity contribution in [3.63, 3.8) is 0 Å². The van der Waals surface area contributed by atoms with E-state index >= 15 is 0 Å². The maximum absolute atomic E-state index is 12.1. The number of rotatable bonds is 5. The van der Waals surface area contributed by atoms with E-state index in [0.717, 1.165) is 4.90 Å². The lowest BCUT2D eigenvalue weighted by Gasteiger charge is -2.22. The molecule has 1 N–H and O–H groups in total. The third-order valence-corrected chi connectivity index (χ3v) is 2.43. The van der Waals surface area contributed by atoms with Gasteiger partial charge in [-0.15, -0.1) is 0 Å². The molecule has 0 radical (unpaired) electrons. The van der Waals surface area contributed by atoms with Gasteiger partial charge in [0, 0.05) is 6.54 Å². The number of ether oxygens (including phenoxy) is 1. The molecule has 18 heavy (non-hydrogen) atoms. The van der Waals surface area contributed by atoms with Gasteiger partial charge >= 0.3 is 6.18 Å². The summed E-state index contributed by atoms with van der Waals surface area (Å²) in [5.41, 5.74) is 0.560. The van der Waals surface area contributed by atoms with Crippen molar-refractivity contribution in [3.8, 4) is 5.75 Å². The molecule has 0 aliphatic heterocycles. The molecule has 3 nitrogen and oxygen atoms in total. The molecule has 6 heteroatoms. The minimum absolute atomic E-state index is 0.0775. The van der Waals surface area contributed by atoms with Crippen molar-refractivity contribution < 1.29 is 23.0 Å². The van der Waals surface area contributed by atoms with E-state index < -0.39 is 18.8 Å². The minimum Gasteiger partial charge on any atom is -0.497 e. The molecule has 0 fully saturated rings. The molecule has 1 aromatic rings. The Balaban J connectivity index is 2.56. The van der Waals surface area contributed by atoms with Crippen molar-refractivity contribution in [3.05, 3.63) is 29.8 Å². The standard InChI is InChI=1S/C12H16F3NO2/c1-16(8-12(13,14)15)7-11(17)9-3-5-10(18-2)6-4-9/h3-6,11,17H,7-8H2,1-2H3. The van der Waals surface area contributed by atoms with E-state index in [2.05, 4.69) is 0 Å². The average Bonchev–Trinajstić information content (AvgIpc) is 2.26. The number of alkyl halides is 3. The molecular weight excluding hydrogens is 247 g/mol. The van der Waals surface area contributed by atoms with Gasteiger partial charge in [0.25, 0.3) is 0 Å². The van der Waals surface area contributed by atoms with E-state index in [1.54, 1.807) is 24.3 Å². The largest absolute Gasteiger partial charge is 0.497 e. The van der Waals surface area contributed by atoms with E-state index in [0.29, 0.717) is 11.3 Å². The van der Waals surface area contributed by atoms with Crippen LogP contribution in [0.4, 0.5) is 13.2 Å². The molecular formula is C12H16F3NO2. The Bertz CT molecular complexity index is 365. The van der Waals surface area contributed by atoms with Crippen LogP contribution in [0, 0.1) is 0 Å². The van der Waals surface area contributed by atoms with Crippen molar-refractivity contribution in [2.75, 3.05) is 27.2 Å². The molecule has 1 unspecified atom stereocenters. The quantitative estimate of drug-likeness (QED) is 0.884. The zero-order valence-corrected chi connectivity index (χ0v) is 10.2. The Morgan fingerprint density at radius 2 is 1.83 bits per heavy atom. The molecule has 1 aromatic carbocycles. The average molecular weight is 263 g/mol. The van der Waals surface area contributed by atoms with E-state index in [-0.39, 0.29) is 6.54 Å². The summed E-state index contributed by atoms with van der Waals surface area (Å²) in [7, 11) is 2.84. The molecule has 1 atom stereocenters. The maximum Gasteiger partial charge on any atom is 0.401 e. The van der Waals surface area contributed by atoms with Gasteiger partial charge in [0.05, 0.1) is 19.8 Å². The number of aliphatic hydroxyl groups is 1. The zero-order chi connectivity index (χ0) is 13.8. The summed E-state index contributed by atoms with van der Waals surface area (Å²) in [4.78, 5) is 1.04. The highest BCUT2D eigenvalue weighted by molar-refractivity contribution is 5.28. The summed E-state index contributed by atoms with van der Waals surface area (Å²) in [6.45, 7) is -1.12. The van der Waals surface area contributed by atoms with Crippen LogP contribution in [-0.2, 0) is 0 Å². The summed E-state index contributed by atoms with van der Waals surface area (Å²) < 4.78 is 41.3. The van der Waals surface area contributed by atoms with E-state index in [1.165, 1.54) is 14.2 Å². The van der Waals surface area contributed by atoms with Crippen LogP contribution in [0.5, 0.6) is 5.75 Å². The van der Waals surface area contributed by atoms with Crippen LogP contribution < -0.4 is 4.74 Å². The van der Waals surface area contributed by atoms with Gasteiger partial charge in [0.2, 0.25) is 0 Å². The number of aliphatic hydroxyl groups excluding tert-OH is 1. The second-order valence-corrected chi connectivity index (χ2v) is 4.10. The Morgan fingerprint density at radius 1 is 1.28 bits per heavy atom. The molecule has 0 heterocycles. The fraction of sp³-hybridized carbons (Fsp3) is 0.500. The summed E-state index contributed by atoms with van der Waals surface area (Å²) in [6.07, 6.45) is -5.21. The predicted octanol–water partition coefficient (Wildman–Crippen LogP) is 2.22. The molecule has 102 valence electrons. The number of hydrogen-bond donors (Lipinski definition) is 1. The predicted molar refractivity (Wildman–Crippen MR) is 61.5 cm³/mol. The van der Waals surface area contributed by atoms with Gasteiger partial charge in [-0.1, -0.05) is 12.1 Å². The van der Waals surface area contributed by atoms with Crippen LogP contribution >= 0.6 is 0 Å². The lowest BCUT2D eigenvalue weighted by atomic mass is 10.1. The Morgan fingerprint density at radius 3 is 2.28 bits per heavy atom. The van der Waals surface area contributed by atoms with E-state index in [1.807, 2.05) is 0 Å². The van der Waals surface area contributed by atoms with Crippen LogP contribution in [-0.4, -0.2) is 43.4 Å². The monoisotopic (exact) mass is 263 g/mol. The minimum atomic E-state index is -4.26. The first-order chi connectivity index (χ1) is 8.31. The van der Waals surface area contributed by atoms with Gasteiger partial charge in [-0.2, -0.15) is 13.2 Å². The highest BCUT2D eigenvalue weighted by Crippen LogP contribution is 2.20. The summed E-state index contributed by atoms with van der Waals surface area (Å²) in [6, 6.07) is 6.57. The number of benzene rings is 1. The summed E-state index contributed by atoms with van der Waals surface area (Å²) in [5.74, 6) is 0.634. The molecule has 0 aromatic heterocycles. The number of methoxy groups -OCH3 is 1. The fourth-order valence-electron chi connectivity index (χ4n) is 1.60. The van der Waals surface area contributed by atoms with E-state index in [9.17, 15) is 18.3 Å². The van der Waals surface area contributed by atoms with Crippen molar-refractivity contribution in [1.82, 2.24) is 4.90 Å². The highest BCUT2D eigenvalue weighted by atomic mass is 19.4. The normalized spacial score (nSPS) is 13.7. The van der Waals surface area contributed by atoms with Crippen molar-refractivity contribution in [1.29, 1.82) is 0 Å². The maximum atomic E-state index is 12.1. The number of likely N-dealkylation sites (N-methyl/N-ethyl adjacent to an activating group) is 1. The Labute approximate surface area is 104 Å². The Hall–Kier alpha value is -1.27. The number of halogens is 3. The first-order valence-electron chi connectivity index (χ1n) is 5.39. The first-order valence-corrected chi connectivity index (χ1v) is 5.39. The van der Waals surface area contributed by atoms with Crippen molar-refractivity contribution in [2.45, 2.75) is 12.3 Å². The van der Waals surface area contributed by atoms with Gasteiger partial charge < -0.3 is 9.84 Å². The molecule has 0 amide bonds. The molecule has 0 bridgehead atoms. The van der Waals surface area contributed by atoms with Crippen molar-refractivity contribution >= 4 is 0 Å². The third kappa shape index (κ3) is 4.93. The number of nitrogens with zero attached hydrogens (tertiary/aromatic N) is 1. The molecule has 0 aliphatic rings. The molecule has 0 aliphatic carbocycles. The van der Waals surface area contributed by atoms with Gasteiger partial charge in [-0.3, -0.25) is 4.90 Å². The van der Waals surface area contributed by atoms with Crippen LogP contribution in [0.1, 0.15) is 11.7 Å². The van der Waals surface area contributed by atoms with Crippen LogP contribution in [0.25, 0.3) is 0 Å². The Kier molecular flexibility index (Phi) is 4.98. The van der Waals surface area contributed by atoms with Crippen LogP contribution in [0.15, 0.2) is 24.3 Å². The molecule has 0 spiro atoms. The lowest BCUT2D eigenvalue weighted by molar-refractivity contribution is -0.145. The summed E-state index contributed by atoms with van der Waals surface area (Å²) >= 11 is 0. The molecule has 0 saturated carbocycles. The molecule has 0 saturated heterocycles. The van der Waals surface area contributed by atoms with Gasteiger partial charge in [-0.25, -0.2) is 0 Å². The van der Waals surface area contributed by atoms with Crippen LogP contribution in [0.3, 0.4) is 0 Å². The van der Waals surface area contributed by atoms with Gasteiger partial charge in [0.15, 0.2) is 0 Å². The smallest absolute Gasteiger partial charge is 0.401 e. The van der Waals surface area contributed by atoms with Gasteiger partial charge in [0.1, 0.15) is 5.75 Å².